The first-order chi connectivity index (χ1) is 26.1. The third-order valence-electron chi connectivity index (χ3n) is 7.83. The van der Waals surface area contributed by atoms with E-state index in [1.165, 1.54) is 13.2 Å². The number of non-ortho nitro benzene ring substituents is 1. The number of carbonyl (C=O) groups is 1. The zero-order valence-corrected chi connectivity index (χ0v) is 31.9. The minimum absolute atomic E-state index is 0.0176. The molecule has 1 amide bonds. The number of carbonyl (C=O) groups excluding carboxylic acids is 1. The van der Waals surface area contributed by atoms with E-state index in [1.54, 1.807) is 24.3 Å². The Morgan fingerprint density at radius 3 is 2.44 bits per heavy atom. The third-order valence-corrected chi connectivity index (χ3v) is 8.89. The molecule has 0 aromatic heterocycles. The minimum Gasteiger partial charge on any atom is -0.756 e. The summed E-state index contributed by atoms with van der Waals surface area (Å²) in [4.78, 5) is 42.8. The van der Waals surface area contributed by atoms with Crippen molar-refractivity contribution in [2.75, 3.05) is 71.3 Å². The molecule has 0 saturated heterocycles. The lowest BCUT2D eigenvalue weighted by atomic mass is 10.1. The van der Waals surface area contributed by atoms with E-state index in [-0.39, 0.29) is 51.0 Å². The van der Waals surface area contributed by atoms with Crippen LogP contribution in [-0.4, -0.2) is 94.1 Å². The molecule has 17 nitrogen and oxygen atoms in total. The summed E-state index contributed by atoms with van der Waals surface area (Å²) in [6.45, 7) is 5.86. The van der Waals surface area contributed by atoms with Crippen molar-refractivity contribution in [3.05, 3.63) is 70.8 Å². The number of anilines is 1. The van der Waals surface area contributed by atoms with E-state index in [9.17, 15) is 24.4 Å². The zero-order chi connectivity index (χ0) is 39.2. The van der Waals surface area contributed by atoms with Gasteiger partial charge in [0.1, 0.15) is 12.7 Å². The van der Waals surface area contributed by atoms with Gasteiger partial charge in [-0.1, -0.05) is 23.4 Å². The Labute approximate surface area is 315 Å². The fourth-order valence-electron chi connectivity index (χ4n) is 5.14. The molecule has 2 atom stereocenters. The molecular weight excluding hydrogens is 723 g/mol. The predicted molar refractivity (Wildman–Crippen MR) is 202 cm³/mol. The summed E-state index contributed by atoms with van der Waals surface area (Å²) in [5.41, 5.74) is 2.98. The number of amides is 1. The summed E-state index contributed by atoms with van der Waals surface area (Å²) in [5.74, 6) is -0.0949. The molecule has 54 heavy (non-hydrogen) atoms. The number of oxime groups is 1. The van der Waals surface area contributed by atoms with Crippen LogP contribution < -0.4 is 15.1 Å². The van der Waals surface area contributed by atoms with Crippen molar-refractivity contribution in [3.8, 4) is 0 Å². The Kier molecular flexibility index (Phi) is 19.7. The number of aliphatic hydroxyl groups excluding tert-OH is 1. The molecular formula is C36H50N6O11P-. The number of aliphatic hydroxyl groups is 1. The normalized spacial score (nSPS) is 13.5. The Morgan fingerprint density at radius 2 is 1.74 bits per heavy atom. The van der Waals surface area contributed by atoms with Crippen molar-refractivity contribution in [3.63, 3.8) is 0 Å². The lowest BCUT2D eigenvalue weighted by molar-refractivity contribution is -0.383. The number of nitrogens with zero attached hydrogens (tertiary/aromatic N) is 5. The highest BCUT2D eigenvalue weighted by atomic mass is 31.2. The average molecular weight is 774 g/mol. The van der Waals surface area contributed by atoms with Gasteiger partial charge in [-0.2, -0.15) is 5.11 Å². The molecule has 0 spiro atoms. The van der Waals surface area contributed by atoms with Gasteiger partial charge in [0.2, 0.25) is 5.91 Å². The summed E-state index contributed by atoms with van der Waals surface area (Å²) in [7, 11) is -3.15. The van der Waals surface area contributed by atoms with E-state index in [4.69, 9.17) is 23.9 Å². The SMILES string of the molecule is CCN(CCO/N=C(\C)CCCC(=O)NCCCOCC(COC)OP(=O)([O-])OCCCO)c1ccc(N=Nc2ccc([N+](=O)[O-])c3ccccc23)cc1. The van der Waals surface area contributed by atoms with Crippen LogP contribution in [0.2, 0.25) is 0 Å². The van der Waals surface area contributed by atoms with Gasteiger partial charge >= 0.3 is 0 Å². The number of fused-ring (bicyclic) bond motifs is 1. The molecule has 3 aromatic rings. The molecule has 0 bridgehead atoms. The van der Waals surface area contributed by atoms with Gasteiger partial charge in [-0.15, -0.1) is 5.11 Å². The first-order valence-corrected chi connectivity index (χ1v) is 19.2. The number of rotatable bonds is 27. The first-order valence-electron chi connectivity index (χ1n) is 17.7. The number of nitro groups is 1. The van der Waals surface area contributed by atoms with Crippen LogP contribution in [-0.2, 0) is 32.7 Å². The van der Waals surface area contributed by atoms with Gasteiger partial charge in [0.05, 0.1) is 53.8 Å². The largest absolute Gasteiger partial charge is 0.756 e. The maximum atomic E-state index is 12.2. The smallest absolute Gasteiger partial charge is 0.277 e. The van der Waals surface area contributed by atoms with E-state index in [0.717, 1.165) is 17.9 Å². The summed E-state index contributed by atoms with van der Waals surface area (Å²) >= 11 is 0. The summed E-state index contributed by atoms with van der Waals surface area (Å²) in [5, 5.41) is 37.0. The molecule has 18 heteroatoms. The summed E-state index contributed by atoms with van der Waals surface area (Å²) in [6.07, 6.45) is 1.35. The number of phosphoric acid groups is 1. The van der Waals surface area contributed by atoms with Crippen molar-refractivity contribution in [2.45, 2.75) is 52.1 Å². The molecule has 0 saturated carbocycles. The molecule has 2 N–H and O–H groups in total. The van der Waals surface area contributed by atoms with Gasteiger partial charge in [-0.25, -0.2) is 0 Å². The van der Waals surface area contributed by atoms with E-state index >= 15 is 0 Å². The second-order valence-corrected chi connectivity index (χ2v) is 13.4. The molecule has 3 rings (SSSR count). The van der Waals surface area contributed by atoms with E-state index in [1.807, 2.05) is 44.2 Å². The lowest BCUT2D eigenvalue weighted by Crippen LogP contribution is -2.28. The van der Waals surface area contributed by atoms with Gasteiger partial charge in [0.25, 0.3) is 13.5 Å². The second kappa shape index (κ2) is 24.1. The topological polar surface area (TPSA) is 219 Å². The van der Waals surface area contributed by atoms with Crippen molar-refractivity contribution >= 4 is 53.0 Å². The third kappa shape index (κ3) is 15.9. The Bertz CT molecular complexity index is 1710. The number of methoxy groups -OCH3 is 1. The number of nitrogens with one attached hydrogen (secondary N) is 1. The van der Waals surface area contributed by atoms with Crippen LogP contribution in [0.4, 0.5) is 22.7 Å². The van der Waals surface area contributed by atoms with Gasteiger partial charge in [0.15, 0.2) is 0 Å². The van der Waals surface area contributed by atoms with Gasteiger partial charge in [0, 0.05) is 57.0 Å². The number of ether oxygens (including phenoxy) is 2. The maximum absolute atomic E-state index is 12.2. The predicted octanol–water partition coefficient (Wildman–Crippen LogP) is 5.97. The highest BCUT2D eigenvalue weighted by Gasteiger charge is 2.19. The molecule has 0 fully saturated rings. The number of azo groups is 1. The Morgan fingerprint density at radius 1 is 0.981 bits per heavy atom. The van der Waals surface area contributed by atoms with E-state index < -0.39 is 18.8 Å². The molecule has 0 heterocycles. The molecule has 0 radical (unpaired) electrons. The van der Waals surface area contributed by atoms with Crippen LogP contribution >= 0.6 is 7.82 Å². The van der Waals surface area contributed by atoms with Crippen LogP contribution in [0.5, 0.6) is 0 Å². The highest BCUT2D eigenvalue weighted by molar-refractivity contribution is 7.45. The van der Waals surface area contributed by atoms with Gasteiger partial charge in [-0.3, -0.25) is 19.5 Å². The number of hydrogen-bond acceptors (Lipinski definition) is 15. The van der Waals surface area contributed by atoms with Crippen molar-refractivity contribution in [1.29, 1.82) is 0 Å². The minimum atomic E-state index is -4.56. The zero-order valence-electron chi connectivity index (χ0n) is 31.0. The van der Waals surface area contributed by atoms with E-state index in [2.05, 4.69) is 30.1 Å². The van der Waals surface area contributed by atoms with Crippen LogP contribution in [0, 0.1) is 10.1 Å². The Balaban J connectivity index is 1.31. The second-order valence-electron chi connectivity index (χ2n) is 12.0. The van der Waals surface area contributed by atoms with Gasteiger partial charge in [-0.05, 0) is 75.9 Å². The van der Waals surface area contributed by atoms with Crippen LogP contribution in [0.3, 0.4) is 0 Å². The van der Waals surface area contributed by atoms with Crippen molar-refractivity contribution in [2.24, 2.45) is 15.4 Å². The Hall–Kier alpha value is -4.35. The van der Waals surface area contributed by atoms with E-state index in [0.29, 0.717) is 67.5 Å². The average Bonchev–Trinajstić information content (AvgIpc) is 3.15. The highest BCUT2D eigenvalue weighted by Crippen LogP contribution is 2.40. The molecule has 0 aliphatic carbocycles. The number of benzene rings is 3. The standard InChI is InChI=1S/C36H51N6O11P/c1-4-41(30-16-14-29(15-17-30)38-39-34-18-19-35(42(45)46)33-12-6-5-11-32(33)34)21-25-51-40-28(2)10-7-13-36(44)37-20-8-23-50-27-31(26-49-3)53-54(47,48)52-24-9-22-43/h5-6,11-12,14-19,31,43H,4,7-10,13,20-27H2,1-3H3,(H,37,44)(H,47,48)/p-1/b39-38?,40-28+. The number of phosphoric ester groups is 1. The quantitative estimate of drug-likeness (QED) is 0.0228. The maximum Gasteiger partial charge on any atom is 0.277 e. The number of hydrogen-bond donors (Lipinski definition) is 2. The fourth-order valence-corrected chi connectivity index (χ4v) is 6.04. The molecule has 0 aliphatic heterocycles. The molecule has 2 unspecified atom stereocenters. The summed E-state index contributed by atoms with van der Waals surface area (Å²) in [6, 6.07) is 17.7. The molecule has 3 aromatic carbocycles. The summed E-state index contributed by atoms with van der Waals surface area (Å²) < 4.78 is 32.0. The molecule has 296 valence electrons. The fraction of sp³-hybridized carbons (Fsp3) is 0.500. The van der Waals surface area contributed by atoms with Crippen LogP contribution in [0.15, 0.2) is 76.0 Å². The first kappa shape index (κ1) is 44.0. The van der Waals surface area contributed by atoms with Gasteiger partial charge < -0.3 is 43.6 Å². The van der Waals surface area contributed by atoms with Crippen molar-refractivity contribution < 1.29 is 47.6 Å². The van der Waals surface area contributed by atoms with Crippen molar-refractivity contribution in [1.82, 2.24) is 5.32 Å². The monoisotopic (exact) mass is 773 g/mol. The van der Waals surface area contributed by atoms with Crippen LogP contribution in [0.25, 0.3) is 10.8 Å². The number of likely N-dealkylation sites (N-methyl/N-ethyl adjacent to an activating group) is 1. The van der Waals surface area contributed by atoms with Crippen LogP contribution in [0.1, 0.15) is 46.0 Å². The number of nitro benzene ring substituents is 1. The molecule has 0 aliphatic rings. The lowest BCUT2D eigenvalue weighted by Gasteiger charge is -2.27.